The van der Waals surface area contributed by atoms with Crippen LogP contribution in [-0.2, 0) is 9.53 Å². The molecule has 0 aromatic rings. The molecule has 96 valence electrons. The smallest absolute Gasteiger partial charge is 0.323 e. The van der Waals surface area contributed by atoms with Crippen molar-refractivity contribution in [2.75, 3.05) is 27.2 Å². The van der Waals surface area contributed by atoms with Crippen molar-refractivity contribution >= 4 is 5.97 Å². The molecule has 16 heavy (non-hydrogen) atoms. The van der Waals surface area contributed by atoms with Gasteiger partial charge in [-0.15, -0.1) is 0 Å². The summed E-state index contributed by atoms with van der Waals surface area (Å²) in [6.45, 7) is 9.33. The van der Waals surface area contributed by atoms with Crippen molar-refractivity contribution in [3.63, 3.8) is 0 Å². The van der Waals surface area contributed by atoms with Gasteiger partial charge in [-0.1, -0.05) is 0 Å². The molecule has 0 aliphatic rings. The van der Waals surface area contributed by atoms with E-state index in [4.69, 9.17) is 4.74 Å². The number of esters is 1. The van der Waals surface area contributed by atoms with Crippen molar-refractivity contribution in [2.45, 2.75) is 45.8 Å². The van der Waals surface area contributed by atoms with E-state index in [9.17, 15) is 4.79 Å². The SMILES string of the molecule is CC(NCCCN(C)C)C(=O)OC(C)(C)C. The summed E-state index contributed by atoms with van der Waals surface area (Å²) in [5.41, 5.74) is -0.406. The third kappa shape index (κ3) is 8.68. The lowest BCUT2D eigenvalue weighted by atomic mass is 10.2. The third-order valence-electron chi connectivity index (χ3n) is 1.99. The summed E-state index contributed by atoms with van der Waals surface area (Å²) in [6.07, 6.45) is 1.03. The van der Waals surface area contributed by atoms with E-state index in [0.717, 1.165) is 19.5 Å². The summed E-state index contributed by atoms with van der Waals surface area (Å²) in [6, 6.07) is -0.235. The molecule has 4 heteroatoms. The summed E-state index contributed by atoms with van der Waals surface area (Å²) in [5.74, 6) is -0.183. The molecule has 1 unspecified atom stereocenters. The lowest BCUT2D eigenvalue weighted by Gasteiger charge is -2.22. The molecule has 4 nitrogen and oxygen atoms in total. The van der Waals surface area contributed by atoms with Gasteiger partial charge >= 0.3 is 5.97 Å². The van der Waals surface area contributed by atoms with E-state index in [2.05, 4.69) is 10.2 Å². The van der Waals surface area contributed by atoms with Crippen LogP contribution >= 0.6 is 0 Å². The van der Waals surface area contributed by atoms with Crippen LogP contribution in [0.25, 0.3) is 0 Å². The molecule has 0 rings (SSSR count). The van der Waals surface area contributed by atoms with Crippen molar-refractivity contribution in [1.82, 2.24) is 10.2 Å². The molecule has 0 saturated heterocycles. The zero-order chi connectivity index (χ0) is 12.8. The number of nitrogens with zero attached hydrogens (tertiary/aromatic N) is 1. The van der Waals surface area contributed by atoms with Gasteiger partial charge in [0.2, 0.25) is 0 Å². The van der Waals surface area contributed by atoms with Gasteiger partial charge < -0.3 is 15.0 Å². The fourth-order valence-electron chi connectivity index (χ4n) is 1.19. The molecular formula is C12H26N2O2. The average Bonchev–Trinajstić information content (AvgIpc) is 2.08. The minimum Gasteiger partial charge on any atom is -0.459 e. The van der Waals surface area contributed by atoms with Crippen LogP contribution in [0.5, 0.6) is 0 Å². The van der Waals surface area contributed by atoms with Crippen LogP contribution in [0.15, 0.2) is 0 Å². The lowest BCUT2D eigenvalue weighted by molar-refractivity contribution is -0.156. The molecule has 0 aromatic heterocycles. The summed E-state index contributed by atoms with van der Waals surface area (Å²) in [7, 11) is 4.08. The quantitative estimate of drug-likeness (QED) is 0.551. The molecule has 0 aliphatic heterocycles. The fraction of sp³-hybridized carbons (Fsp3) is 0.917. The highest BCUT2D eigenvalue weighted by molar-refractivity contribution is 5.75. The molecule has 0 fully saturated rings. The van der Waals surface area contributed by atoms with Crippen LogP contribution < -0.4 is 5.32 Å². The number of carbonyl (C=O) groups excluding carboxylic acids is 1. The van der Waals surface area contributed by atoms with Gasteiger partial charge in [-0.2, -0.15) is 0 Å². The number of rotatable bonds is 6. The molecular weight excluding hydrogens is 204 g/mol. The highest BCUT2D eigenvalue weighted by Crippen LogP contribution is 2.08. The Morgan fingerprint density at radius 2 is 1.94 bits per heavy atom. The molecule has 1 atom stereocenters. The van der Waals surface area contributed by atoms with Crippen LogP contribution in [-0.4, -0.2) is 49.7 Å². The molecule has 0 bridgehead atoms. The Balaban J connectivity index is 3.72. The Kier molecular flexibility index (Phi) is 6.60. The minimum atomic E-state index is -0.406. The van der Waals surface area contributed by atoms with E-state index in [-0.39, 0.29) is 12.0 Å². The second-order valence-electron chi connectivity index (χ2n) is 5.37. The highest BCUT2D eigenvalue weighted by atomic mass is 16.6. The predicted octanol–water partition coefficient (Wildman–Crippen LogP) is 1.26. The standard InChI is InChI=1S/C12H26N2O2/c1-10(11(15)16-12(2,3)4)13-8-7-9-14(5)6/h10,13H,7-9H2,1-6H3. The Labute approximate surface area is 99.3 Å². The predicted molar refractivity (Wildman–Crippen MR) is 66.5 cm³/mol. The second kappa shape index (κ2) is 6.86. The van der Waals surface area contributed by atoms with Crippen molar-refractivity contribution in [1.29, 1.82) is 0 Å². The Morgan fingerprint density at radius 3 is 2.38 bits per heavy atom. The van der Waals surface area contributed by atoms with E-state index >= 15 is 0 Å². The zero-order valence-corrected chi connectivity index (χ0v) is 11.5. The molecule has 0 spiro atoms. The molecule has 0 radical (unpaired) electrons. The number of hydrogen-bond donors (Lipinski definition) is 1. The van der Waals surface area contributed by atoms with Crippen LogP contribution in [0.4, 0.5) is 0 Å². The first-order valence-corrected chi connectivity index (χ1v) is 5.83. The highest BCUT2D eigenvalue weighted by Gasteiger charge is 2.20. The Hall–Kier alpha value is -0.610. The number of ether oxygens (including phenoxy) is 1. The average molecular weight is 230 g/mol. The fourth-order valence-corrected chi connectivity index (χ4v) is 1.19. The summed E-state index contributed by atoms with van der Waals surface area (Å²) < 4.78 is 5.27. The summed E-state index contributed by atoms with van der Waals surface area (Å²) >= 11 is 0. The lowest BCUT2D eigenvalue weighted by Crippen LogP contribution is -2.40. The van der Waals surface area contributed by atoms with E-state index in [1.807, 2.05) is 41.8 Å². The third-order valence-corrected chi connectivity index (χ3v) is 1.99. The molecule has 0 amide bonds. The minimum absolute atomic E-state index is 0.183. The van der Waals surface area contributed by atoms with Crippen molar-refractivity contribution in [3.8, 4) is 0 Å². The van der Waals surface area contributed by atoms with Crippen LogP contribution in [0.2, 0.25) is 0 Å². The largest absolute Gasteiger partial charge is 0.459 e. The van der Waals surface area contributed by atoms with Gasteiger partial charge in [-0.25, -0.2) is 0 Å². The zero-order valence-electron chi connectivity index (χ0n) is 11.5. The first kappa shape index (κ1) is 15.4. The number of nitrogens with one attached hydrogen (secondary N) is 1. The monoisotopic (exact) mass is 230 g/mol. The van der Waals surface area contributed by atoms with Gasteiger partial charge in [-0.05, 0) is 61.3 Å². The van der Waals surface area contributed by atoms with Gasteiger partial charge in [0.15, 0.2) is 0 Å². The van der Waals surface area contributed by atoms with Gasteiger partial charge in [0.05, 0.1) is 0 Å². The van der Waals surface area contributed by atoms with Crippen molar-refractivity contribution in [3.05, 3.63) is 0 Å². The maximum absolute atomic E-state index is 11.6. The van der Waals surface area contributed by atoms with Crippen molar-refractivity contribution in [2.24, 2.45) is 0 Å². The van der Waals surface area contributed by atoms with Crippen LogP contribution in [0.1, 0.15) is 34.1 Å². The van der Waals surface area contributed by atoms with Crippen molar-refractivity contribution < 1.29 is 9.53 Å². The second-order valence-corrected chi connectivity index (χ2v) is 5.37. The van der Waals surface area contributed by atoms with Crippen LogP contribution in [0, 0.1) is 0 Å². The molecule has 0 heterocycles. The van der Waals surface area contributed by atoms with E-state index in [1.54, 1.807) is 0 Å². The van der Waals surface area contributed by atoms with E-state index in [1.165, 1.54) is 0 Å². The Morgan fingerprint density at radius 1 is 1.38 bits per heavy atom. The molecule has 0 saturated carbocycles. The molecule has 1 N–H and O–H groups in total. The van der Waals surface area contributed by atoms with Gasteiger partial charge in [0.25, 0.3) is 0 Å². The first-order chi connectivity index (χ1) is 7.22. The van der Waals surface area contributed by atoms with Crippen LogP contribution in [0.3, 0.4) is 0 Å². The van der Waals surface area contributed by atoms with Gasteiger partial charge in [0.1, 0.15) is 11.6 Å². The van der Waals surface area contributed by atoms with Gasteiger partial charge in [0, 0.05) is 0 Å². The summed E-state index contributed by atoms with van der Waals surface area (Å²) in [4.78, 5) is 13.7. The Bertz CT molecular complexity index is 210. The normalized spacial score (nSPS) is 13.9. The topological polar surface area (TPSA) is 41.6 Å². The molecule has 0 aromatic carbocycles. The maximum atomic E-state index is 11.6. The first-order valence-electron chi connectivity index (χ1n) is 5.83. The maximum Gasteiger partial charge on any atom is 0.323 e. The van der Waals surface area contributed by atoms with E-state index in [0.29, 0.717) is 0 Å². The van der Waals surface area contributed by atoms with E-state index < -0.39 is 5.60 Å². The summed E-state index contributed by atoms with van der Waals surface area (Å²) in [5, 5.41) is 3.16. The number of hydrogen-bond acceptors (Lipinski definition) is 4. The number of carbonyl (C=O) groups is 1. The van der Waals surface area contributed by atoms with Gasteiger partial charge in [-0.3, -0.25) is 4.79 Å². The molecule has 0 aliphatic carbocycles.